The van der Waals surface area contributed by atoms with Gasteiger partial charge in [-0.1, -0.05) is 0 Å². The van der Waals surface area contributed by atoms with Crippen molar-refractivity contribution >= 4 is 23.1 Å². The van der Waals surface area contributed by atoms with Crippen LogP contribution >= 0.6 is 0 Å². The Hall–Kier alpha value is -4.47. The van der Waals surface area contributed by atoms with Crippen molar-refractivity contribution in [3.63, 3.8) is 0 Å². The maximum absolute atomic E-state index is 14.5. The van der Waals surface area contributed by atoms with Crippen molar-refractivity contribution in [1.82, 2.24) is 14.3 Å². The minimum absolute atomic E-state index is 0.0530. The molecule has 10 heteroatoms. The molecule has 2 aliphatic rings. The van der Waals surface area contributed by atoms with E-state index in [4.69, 9.17) is 9.47 Å². The SMILES string of the molecule is O=C1COc2cc(F)c(C(=O)N3CC(COc4ccc5nccn5c4-c4ccc(F)cc4)C3)cc2N1. The number of halogens is 2. The fraction of sp³-hybridized carbons (Fsp3) is 0.192. The molecule has 0 bridgehead atoms. The summed E-state index contributed by atoms with van der Waals surface area (Å²) in [6.45, 7) is 0.952. The van der Waals surface area contributed by atoms with Crippen molar-refractivity contribution in [2.24, 2.45) is 5.92 Å². The number of carbonyl (C=O) groups is 2. The van der Waals surface area contributed by atoms with Crippen LogP contribution in [-0.2, 0) is 4.79 Å². The summed E-state index contributed by atoms with van der Waals surface area (Å²) in [5, 5.41) is 2.59. The number of pyridine rings is 1. The van der Waals surface area contributed by atoms with Crippen LogP contribution in [0.25, 0.3) is 16.9 Å². The molecule has 0 saturated carbocycles. The summed E-state index contributed by atoms with van der Waals surface area (Å²) in [6.07, 6.45) is 3.49. The average Bonchev–Trinajstić information content (AvgIpc) is 3.32. The Morgan fingerprint density at radius 1 is 1.14 bits per heavy atom. The number of nitrogens with one attached hydrogen (secondary N) is 1. The van der Waals surface area contributed by atoms with Gasteiger partial charge in [-0.25, -0.2) is 13.8 Å². The minimum Gasteiger partial charge on any atom is -0.491 e. The molecule has 0 aliphatic carbocycles. The number of likely N-dealkylation sites (tertiary alicyclic amines) is 1. The van der Waals surface area contributed by atoms with Gasteiger partial charge in [0, 0.05) is 43.0 Å². The maximum Gasteiger partial charge on any atom is 0.262 e. The van der Waals surface area contributed by atoms with Crippen molar-refractivity contribution in [1.29, 1.82) is 0 Å². The number of hydrogen-bond acceptors (Lipinski definition) is 5. The number of ether oxygens (including phenoxy) is 2. The number of nitrogens with zero attached hydrogens (tertiary/aromatic N) is 3. The molecule has 0 unspecified atom stereocenters. The standard InChI is InChI=1S/C26H20F2N4O4/c27-17-3-1-16(2-4-17)25-21(5-6-23-29-7-8-32(23)25)35-13-15-11-31(12-15)26(34)18-9-20-22(10-19(18)28)36-14-24(33)30-20/h1-10,15H,11-14H2,(H,30,33). The Morgan fingerprint density at radius 3 is 2.75 bits per heavy atom. The number of imidazole rings is 1. The summed E-state index contributed by atoms with van der Waals surface area (Å²) in [6, 6.07) is 12.2. The molecule has 182 valence electrons. The fourth-order valence-electron chi connectivity index (χ4n) is 4.47. The molecule has 1 N–H and O–H groups in total. The van der Waals surface area contributed by atoms with Crippen LogP contribution in [0.15, 0.2) is 60.9 Å². The van der Waals surface area contributed by atoms with E-state index in [-0.39, 0.29) is 41.2 Å². The Balaban J connectivity index is 1.15. The smallest absolute Gasteiger partial charge is 0.262 e. The number of benzene rings is 2. The Kier molecular flexibility index (Phi) is 5.28. The van der Waals surface area contributed by atoms with Gasteiger partial charge in [0.15, 0.2) is 6.61 Å². The van der Waals surface area contributed by atoms with Crippen LogP contribution in [0.4, 0.5) is 14.5 Å². The van der Waals surface area contributed by atoms with Crippen LogP contribution in [0.3, 0.4) is 0 Å². The van der Waals surface area contributed by atoms with E-state index in [9.17, 15) is 18.4 Å². The Bertz CT molecular complexity index is 1500. The van der Waals surface area contributed by atoms with Gasteiger partial charge in [-0.05, 0) is 42.5 Å². The van der Waals surface area contributed by atoms with Crippen molar-refractivity contribution in [2.45, 2.75) is 0 Å². The van der Waals surface area contributed by atoms with Gasteiger partial charge < -0.3 is 19.7 Å². The lowest BCUT2D eigenvalue weighted by Crippen LogP contribution is -2.52. The summed E-state index contributed by atoms with van der Waals surface area (Å²) in [4.78, 5) is 30.3. The maximum atomic E-state index is 14.5. The summed E-state index contributed by atoms with van der Waals surface area (Å²) in [5.41, 5.74) is 2.41. The third-order valence-electron chi connectivity index (χ3n) is 6.30. The summed E-state index contributed by atoms with van der Waals surface area (Å²) >= 11 is 0. The second-order valence-electron chi connectivity index (χ2n) is 8.76. The first-order chi connectivity index (χ1) is 17.5. The quantitative estimate of drug-likeness (QED) is 0.461. The molecule has 4 aromatic rings. The highest BCUT2D eigenvalue weighted by atomic mass is 19.1. The second kappa shape index (κ2) is 8.63. The first-order valence-corrected chi connectivity index (χ1v) is 11.4. The number of hydrogen-bond donors (Lipinski definition) is 1. The molecule has 1 saturated heterocycles. The van der Waals surface area contributed by atoms with E-state index >= 15 is 0 Å². The third kappa shape index (κ3) is 3.90. The van der Waals surface area contributed by atoms with Crippen LogP contribution in [0.5, 0.6) is 11.5 Å². The van der Waals surface area contributed by atoms with Gasteiger partial charge in [-0.15, -0.1) is 0 Å². The Labute approximate surface area is 204 Å². The molecule has 36 heavy (non-hydrogen) atoms. The zero-order valence-corrected chi connectivity index (χ0v) is 18.9. The molecule has 0 spiro atoms. The third-order valence-corrected chi connectivity index (χ3v) is 6.30. The van der Waals surface area contributed by atoms with Gasteiger partial charge in [-0.3, -0.25) is 14.0 Å². The highest BCUT2D eigenvalue weighted by molar-refractivity contribution is 6.00. The zero-order valence-electron chi connectivity index (χ0n) is 18.9. The number of fused-ring (bicyclic) bond motifs is 2. The average molecular weight is 490 g/mol. The van der Waals surface area contributed by atoms with E-state index in [1.807, 2.05) is 22.7 Å². The lowest BCUT2D eigenvalue weighted by Gasteiger charge is -2.39. The molecule has 6 rings (SSSR count). The van der Waals surface area contributed by atoms with E-state index in [1.54, 1.807) is 18.3 Å². The largest absolute Gasteiger partial charge is 0.491 e. The van der Waals surface area contributed by atoms with Gasteiger partial charge >= 0.3 is 0 Å². The van der Waals surface area contributed by atoms with Crippen molar-refractivity contribution in [2.75, 3.05) is 31.6 Å². The van der Waals surface area contributed by atoms with E-state index in [0.29, 0.717) is 25.4 Å². The van der Waals surface area contributed by atoms with Crippen molar-refractivity contribution < 1.29 is 27.8 Å². The number of amides is 2. The minimum atomic E-state index is -0.702. The number of anilines is 1. The van der Waals surface area contributed by atoms with Crippen LogP contribution in [0, 0.1) is 17.6 Å². The molecule has 2 amide bonds. The molecule has 2 aromatic carbocycles. The highest BCUT2D eigenvalue weighted by Gasteiger charge is 2.34. The van der Waals surface area contributed by atoms with Crippen molar-refractivity contribution in [3.8, 4) is 22.8 Å². The molecule has 2 aromatic heterocycles. The summed E-state index contributed by atoms with van der Waals surface area (Å²) in [5.74, 6) is -0.993. The number of aromatic nitrogens is 2. The van der Waals surface area contributed by atoms with E-state index in [0.717, 1.165) is 23.0 Å². The molecule has 0 atom stereocenters. The molecule has 2 aliphatic heterocycles. The van der Waals surface area contributed by atoms with Crippen LogP contribution in [0.1, 0.15) is 10.4 Å². The van der Waals surface area contributed by atoms with Gasteiger partial charge in [0.1, 0.15) is 28.8 Å². The fourth-order valence-corrected chi connectivity index (χ4v) is 4.47. The lowest BCUT2D eigenvalue weighted by atomic mass is 9.99. The van der Waals surface area contributed by atoms with Gasteiger partial charge in [-0.2, -0.15) is 0 Å². The number of carbonyl (C=O) groups excluding carboxylic acids is 2. The van der Waals surface area contributed by atoms with Crippen molar-refractivity contribution in [3.05, 3.63) is 78.1 Å². The normalized spacial score (nSPS) is 15.2. The van der Waals surface area contributed by atoms with E-state index in [2.05, 4.69) is 10.3 Å². The summed E-state index contributed by atoms with van der Waals surface area (Å²) in [7, 11) is 0. The predicted molar refractivity (Wildman–Crippen MR) is 126 cm³/mol. The molecule has 1 fully saturated rings. The zero-order chi connectivity index (χ0) is 24.8. The Morgan fingerprint density at radius 2 is 1.94 bits per heavy atom. The van der Waals surface area contributed by atoms with Crippen LogP contribution in [0.2, 0.25) is 0 Å². The first-order valence-electron chi connectivity index (χ1n) is 11.4. The van der Waals surface area contributed by atoms with Gasteiger partial charge in [0.05, 0.1) is 23.6 Å². The molecule has 8 nitrogen and oxygen atoms in total. The second-order valence-corrected chi connectivity index (χ2v) is 8.76. The molecule has 0 radical (unpaired) electrons. The molecular weight excluding hydrogens is 470 g/mol. The molecule has 4 heterocycles. The predicted octanol–water partition coefficient (Wildman–Crippen LogP) is 3.76. The van der Waals surface area contributed by atoms with Crippen LogP contribution < -0.4 is 14.8 Å². The van der Waals surface area contributed by atoms with E-state index in [1.165, 1.54) is 23.1 Å². The van der Waals surface area contributed by atoms with Gasteiger partial charge in [0.25, 0.3) is 11.8 Å². The topological polar surface area (TPSA) is 85.2 Å². The van der Waals surface area contributed by atoms with Gasteiger partial charge in [0.2, 0.25) is 0 Å². The highest BCUT2D eigenvalue weighted by Crippen LogP contribution is 2.34. The van der Waals surface area contributed by atoms with Crippen LogP contribution in [-0.4, -0.2) is 52.4 Å². The monoisotopic (exact) mass is 490 g/mol. The lowest BCUT2D eigenvalue weighted by molar-refractivity contribution is -0.118. The first kappa shape index (κ1) is 22.0. The number of rotatable bonds is 5. The van der Waals surface area contributed by atoms with E-state index < -0.39 is 11.7 Å². The summed E-state index contributed by atoms with van der Waals surface area (Å²) < 4.78 is 41.2. The molecular formula is C26H20F2N4O4.